The van der Waals surface area contributed by atoms with Crippen LogP contribution in [-0.4, -0.2) is 10.1 Å². The fraction of sp³-hybridized carbons (Fsp3) is 0.167. The average Bonchev–Trinajstić information content (AvgIpc) is 2.73. The van der Waals surface area contributed by atoms with Gasteiger partial charge in [-0.15, -0.1) is 11.3 Å². The van der Waals surface area contributed by atoms with Crippen molar-refractivity contribution < 1.29 is 0 Å². The van der Waals surface area contributed by atoms with Crippen molar-refractivity contribution in [3.05, 3.63) is 47.0 Å². The van der Waals surface area contributed by atoms with Crippen molar-refractivity contribution in [2.45, 2.75) is 13.5 Å². The summed E-state index contributed by atoms with van der Waals surface area (Å²) >= 11 is 6.74. The van der Waals surface area contributed by atoms with Gasteiger partial charge in [-0.05, 0) is 24.7 Å². The number of anilines is 1. The zero-order valence-electron chi connectivity index (χ0n) is 9.43. The number of thiazole rings is 1. The average molecular weight is 263 g/mol. The van der Waals surface area contributed by atoms with E-state index >= 15 is 0 Å². The van der Waals surface area contributed by atoms with Gasteiger partial charge in [-0.3, -0.25) is 0 Å². The number of nitrogens with one attached hydrogen (secondary N) is 2. The minimum atomic E-state index is 0.600. The van der Waals surface area contributed by atoms with Gasteiger partial charge in [0.25, 0.3) is 0 Å². The number of aromatic nitrogens is 1. The van der Waals surface area contributed by atoms with Crippen molar-refractivity contribution in [1.82, 2.24) is 10.3 Å². The van der Waals surface area contributed by atoms with Crippen LogP contribution < -0.4 is 10.6 Å². The van der Waals surface area contributed by atoms with Gasteiger partial charge in [-0.25, -0.2) is 4.98 Å². The van der Waals surface area contributed by atoms with Gasteiger partial charge in [0.2, 0.25) is 0 Å². The third kappa shape index (κ3) is 3.80. The number of thiocarbonyl (C=S) groups is 1. The van der Waals surface area contributed by atoms with E-state index in [0.29, 0.717) is 5.11 Å². The molecule has 2 aromatic rings. The predicted octanol–water partition coefficient (Wildman–Crippen LogP) is 2.94. The van der Waals surface area contributed by atoms with Gasteiger partial charge < -0.3 is 10.6 Å². The lowest BCUT2D eigenvalue weighted by Gasteiger charge is -2.08. The fourth-order valence-corrected chi connectivity index (χ4v) is 2.26. The van der Waals surface area contributed by atoms with Crippen LogP contribution in [0.3, 0.4) is 0 Å². The highest BCUT2D eigenvalue weighted by atomic mass is 32.1. The first-order chi connectivity index (χ1) is 8.24. The lowest BCUT2D eigenvalue weighted by atomic mass is 10.2. The SMILES string of the molecule is Cc1csc(NC(=S)NCc2ccccc2)n1. The van der Waals surface area contributed by atoms with Crippen molar-refractivity contribution in [3.63, 3.8) is 0 Å². The summed E-state index contributed by atoms with van der Waals surface area (Å²) < 4.78 is 0. The maximum Gasteiger partial charge on any atom is 0.189 e. The van der Waals surface area contributed by atoms with Gasteiger partial charge in [-0.1, -0.05) is 30.3 Å². The Kier molecular flexibility index (Phi) is 4.06. The Balaban J connectivity index is 1.82. The van der Waals surface area contributed by atoms with Gasteiger partial charge >= 0.3 is 0 Å². The summed E-state index contributed by atoms with van der Waals surface area (Å²) in [6, 6.07) is 10.1. The summed E-state index contributed by atoms with van der Waals surface area (Å²) in [4.78, 5) is 4.29. The van der Waals surface area contributed by atoms with E-state index < -0.39 is 0 Å². The van der Waals surface area contributed by atoms with E-state index in [1.165, 1.54) is 5.56 Å². The van der Waals surface area contributed by atoms with E-state index in [1.807, 2.05) is 30.5 Å². The van der Waals surface area contributed by atoms with Crippen molar-refractivity contribution in [1.29, 1.82) is 0 Å². The molecule has 5 heteroatoms. The molecule has 0 spiro atoms. The first kappa shape index (κ1) is 12.0. The number of hydrogen-bond donors (Lipinski definition) is 2. The Hall–Kier alpha value is -1.46. The Bertz CT molecular complexity index is 493. The fourth-order valence-electron chi connectivity index (χ4n) is 1.33. The second kappa shape index (κ2) is 5.75. The first-order valence-corrected chi connectivity index (χ1v) is 6.54. The van der Waals surface area contributed by atoms with Gasteiger partial charge in [0.15, 0.2) is 10.2 Å². The number of hydrogen-bond acceptors (Lipinski definition) is 3. The van der Waals surface area contributed by atoms with Crippen LogP contribution in [0, 0.1) is 6.92 Å². The van der Waals surface area contributed by atoms with Crippen LogP contribution in [0.2, 0.25) is 0 Å². The second-order valence-electron chi connectivity index (χ2n) is 3.59. The molecule has 2 rings (SSSR count). The Morgan fingerprint density at radius 3 is 2.76 bits per heavy atom. The molecule has 1 aromatic heterocycles. The number of rotatable bonds is 3. The molecule has 1 aromatic carbocycles. The van der Waals surface area contributed by atoms with Crippen LogP contribution in [0.5, 0.6) is 0 Å². The van der Waals surface area contributed by atoms with Crippen LogP contribution in [-0.2, 0) is 6.54 Å². The number of aryl methyl sites for hydroxylation is 1. The van der Waals surface area contributed by atoms with Crippen molar-refractivity contribution in [2.24, 2.45) is 0 Å². The molecule has 3 nitrogen and oxygen atoms in total. The molecule has 0 aliphatic heterocycles. The Labute approximate surface area is 110 Å². The van der Waals surface area contributed by atoms with Crippen molar-refractivity contribution in [2.75, 3.05) is 5.32 Å². The van der Waals surface area contributed by atoms with E-state index in [9.17, 15) is 0 Å². The maximum atomic E-state index is 5.19. The summed E-state index contributed by atoms with van der Waals surface area (Å²) in [5, 5.41) is 9.62. The lowest BCUT2D eigenvalue weighted by molar-refractivity contribution is 0.925. The molecule has 0 unspecified atom stereocenters. The zero-order chi connectivity index (χ0) is 12.1. The van der Waals surface area contributed by atoms with Crippen LogP contribution in [0.4, 0.5) is 5.13 Å². The molecule has 0 saturated carbocycles. The first-order valence-electron chi connectivity index (χ1n) is 5.25. The van der Waals surface area contributed by atoms with Crippen LogP contribution in [0.15, 0.2) is 35.7 Å². The summed E-state index contributed by atoms with van der Waals surface area (Å²) in [7, 11) is 0. The molecule has 0 bridgehead atoms. The molecule has 0 atom stereocenters. The zero-order valence-corrected chi connectivity index (χ0v) is 11.1. The summed E-state index contributed by atoms with van der Waals surface area (Å²) in [6.45, 7) is 2.68. The highest BCUT2D eigenvalue weighted by Gasteiger charge is 2.01. The predicted molar refractivity (Wildman–Crippen MR) is 76.4 cm³/mol. The minimum Gasteiger partial charge on any atom is -0.358 e. The molecule has 0 saturated heterocycles. The van der Waals surface area contributed by atoms with Gasteiger partial charge in [0.05, 0.1) is 5.69 Å². The molecule has 0 amide bonds. The highest BCUT2D eigenvalue weighted by Crippen LogP contribution is 2.13. The molecular weight excluding hydrogens is 250 g/mol. The van der Waals surface area contributed by atoms with Crippen LogP contribution in [0.25, 0.3) is 0 Å². The molecule has 17 heavy (non-hydrogen) atoms. The van der Waals surface area contributed by atoms with E-state index in [-0.39, 0.29) is 0 Å². The van der Waals surface area contributed by atoms with E-state index in [2.05, 4.69) is 27.8 Å². The Morgan fingerprint density at radius 2 is 2.12 bits per heavy atom. The van der Waals surface area contributed by atoms with Gasteiger partial charge in [-0.2, -0.15) is 0 Å². The maximum absolute atomic E-state index is 5.19. The molecular formula is C12H13N3S2. The van der Waals surface area contributed by atoms with Crippen molar-refractivity contribution in [3.8, 4) is 0 Å². The topological polar surface area (TPSA) is 37.0 Å². The summed E-state index contributed by atoms with van der Waals surface area (Å²) in [5.74, 6) is 0. The molecule has 0 aliphatic rings. The normalized spacial score (nSPS) is 9.94. The molecule has 0 aliphatic carbocycles. The Morgan fingerprint density at radius 1 is 1.35 bits per heavy atom. The van der Waals surface area contributed by atoms with Gasteiger partial charge in [0.1, 0.15) is 0 Å². The van der Waals surface area contributed by atoms with E-state index in [0.717, 1.165) is 17.4 Å². The standard InChI is InChI=1S/C12H13N3S2/c1-9-8-17-12(14-9)15-11(16)13-7-10-5-3-2-4-6-10/h2-6,8H,7H2,1H3,(H2,13,14,15,16). The monoisotopic (exact) mass is 263 g/mol. The van der Waals surface area contributed by atoms with Gasteiger partial charge in [0, 0.05) is 11.9 Å². The van der Waals surface area contributed by atoms with E-state index in [1.54, 1.807) is 11.3 Å². The van der Waals surface area contributed by atoms with Crippen molar-refractivity contribution >= 4 is 33.8 Å². The quantitative estimate of drug-likeness (QED) is 0.835. The lowest BCUT2D eigenvalue weighted by Crippen LogP contribution is -2.27. The smallest absolute Gasteiger partial charge is 0.189 e. The number of nitrogens with zero attached hydrogens (tertiary/aromatic N) is 1. The third-order valence-corrected chi connectivity index (χ3v) is 3.26. The number of benzene rings is 1. The van der Waals surface area contributed by atoms with E-state index in [4.69, 9.17) is 12.2 Å². The minimum absolute atomic E-state index is 0.600. The largest absolute Gasteiger partial charge is 0.358 e. The molecule has 2 N–H and O–H groups in total. The third-order valence-electron chi connectivity index (χ3n) is 2.14. The summed E-state index contributed by atoms with van der Waals surface area (Å²) in [6.07, 6.45) is 0. The van der Waals surface area contributed by atoms with Crippen LogP contribution in [0.1, 0.15) is 11.3 Å². The molecule has 88 valence electrons. The highest BCUT2D eigenvalue weighted by molar-refractivity contribution is 7.80. The summed E-state index contributed by atoms with van der Waals surface area (Å²) in [5.41, 5.74) is 2.20. The molecule has 1 heterocycles. The molecule has 0 radical (unpaired) electrons. The van der Waals surface area contributed by atoms with Crippen LogP contribution >= 0.6 is 23.6 Å². The second-order valence-corrected chi connectivity index (χ2v) is 4.85. The molecule has 0 fully saturated rings.